The van der Waals surface area contributed by atoms with Gasteiger partial charge < -0.3 is 9.84 Å². The lowest BCUT2D eigenvalue weighted by atomic mass is 9.87. The summed E-state index contributed by atoms with van der Waals surface area (Å²) >= 11 is 0. The highest BCUT2D eigenvalue weighted by Gasteiger charge is 2.18. The Kier molecular flexibility index (Phi) is 4.37. The molecule has 0 spiro atoms. The molecule has 1 aliphatic carbocycles. The molecule has 2 rings (SSSR count). The van der Waals surface area contributed by atoms with Crippen LogP contribution in [0.1, 0.15) is 41.9 Å². The predicted molar refractivity (Wildman–Crippen MR) is 70.0 cm³/mol. The fraction of sp³-hybridized carbons (Fsp3) is 0.533. The summed E-state index contributed by atoms with van der Waals surface area (Å²) in [5.74, 6) is -0.811. The molecule has 0 aromatic heterocycles. The molecule has 1 aromatic carbocycles. The summed E-state index contributed by atoms with van der Waals surface area (Å²) in [5, 5.41) is 8.95. The summed E-state index contributed by atoms with van der Waals surface area (Å²) in [6, 6.07) is 6.41. The molecule has 0 radical (unpaired) electrons. The zero-order chi connectivity index (χ0) is 13.0. The minimum Gasteiger partial charge on any atom is -0.481 e. The topological polar surface area (TPSA) is 46.5 Å². The molecule has 1 N–H and O–H groups in total. The number of methoxy groups -OCH3 is 1. The fourth-order valence-electron chi connectivity index (χ4n) is 2.69. The summed E-state index contributed by atoms with van der Waals surface area (Å²) in [4.78, 5) is 10.9. The van der Waals surface area contributed by atoms with Crippen molar-refractivity contribution in [2.75, 3.05) is 13.7 Å². The number of benzene rings is 1. The highest BCUT2D eigenvalue weighted by molar-refractivity contribution is 5.68. The van der Waals surface area contributed by atoms with Crippen LogP contribution >= 0.6 is 0 Å². The van der Waals surface area contributed by atoms with Crippen LogP contribution in [0.25, 0.3) is 0 Å². The van der Waals surface area contributed by atoms with E-state index >= 15 is 0 Å². The third-order valence-electron chi connectivity index (χ3n) is 3.63. The number of ether oxygens (including phenoxy) is 1. The number of fused-ring (bicyclic) bond motifs is 1. The first-order valence-electron chi connectivity index (χ1n) is 6.53. The Morgan fingerprint density at radius 1 is 1.33 bits per heavy atom. The number of carbonyl (C=O) groups is 1. The van der Waals surface area contributed by atoms with Gasteiger partial charge in [0.25, 0.3) is 0 Å². The average molecular weight is 248 g/mol. The highest BCUT2D eigenvalue weighted by atomic mass is 16.5. The van der Waals surface area contributed by atoms with Crippen LogP contribution in [0.2, 0.25) is 0 Å². The Balaban J connectivity index is 2.21. The van der Waals surface area contributed by atoms with E-state index in [4.69, 9.17) is 9.84 Å². The Morgan fingerprint density at radius 2 is 2.06 bits per heavy atom. The number of aryl methyl sites for hydroxylation is 2. The van der Waals surface area contributed by atoms with Gasteiger partial charge >= 0.3 is 5.97 Å². The third kappa shape index (κ3) is 3.10. The van der Waals surface area contributed by atoms with Crippen LogP contribution in [0, 0.1) is 0 Å². The van der Waals surface area contributed by atoms with Gasteiger partial charge in [-0.15, -0.1) is 0 Å². The molecule has 0 saturated heterocycles. The summed E-state index contributed by atoms with van der Waals surface area (Å²) < 4.78 is 5.14. The minimum absolute atomic E-state index is 0.0419. The van der Waals surface area contributed by atoms with E-state index in [2.05, 4.69) is 18.2 Å². The van der Waals surface area contributed by atoms with Gasteiger partial charge in [-0.05, 0) is 42.4 Å². The Hall–Kier alpha value is -1.35. The van der Waals surface area contributed by atoms with Crippen molar-refractivity contribution in [1.82, 2.24) is 0 Å². The fourth-order valence-corrected chi connectivity index (χ4v) is 2.69. The number of rotatable bonds is 5. The molecule has 98 valence electrons. The van der Waals surface area contributed by atoms with Crippen molar-refractivity contribution < 1.29 is 14.6 Å². The number of carboxylic acids is 1. The largest absolute Gasteiger partial charge is 0.481 e. The van der Waals surface area contributed by atoms with Crippen LogP contribution in [-0.4, -0.2) is 24.8 Å². The van der Waals surface area contributed by atoms with Crippen molar-refractivity contribution in [2.24, 2.45) is 0 Å². The van der Waals surface area contributed by atoms with E-state index in [1.165, 1.54) is 24.0 Å². The maximum Gasteiger partial charge on any atom is 0.304 e. The molecule has 0 bridgehead atoms. The van der Waals surface area contributed by atoms with Crippen molar-refractivity contribution in [3.8, 4) is 0 Å². The molecule has 3 nitrogen and oxygen atoms in total. The number of hydrogen-bond acceptors (Lipinski definition) is 2. The molecular weight excluding hydrogens is 228 g/mol. The maximum absolute atomic E-state index is 10.9. The first-order valence-corrected chi connectivity index (χ1v) is 6.53. The van der Waals surface area contributed by atoms with Crippen LogP contribution in [0.5, 0.6) is 0 Å². The minimum atomic E-state index is -0.769. The van der Waals surface area contributed by atoms with Gasteiger partial charge in [0.15, 0.2) is 0 Å². The van der Waals surface area contributed by atoms with Gasteiger partial charge in [0.2, 0.25) is 0 Å². The zero-order valence-corrected chi connectivity index (χ0v) is 10.8. The maximum atomic E-state index is 10.9. The van der Waals surface area contributed by atoms with E-state index in [0.29, 0.717) is 6.61 Å². The van der Waals surface area contributed by atoms with E-state index in [1.54, 1.807) is 7.11 Å². The van der Waals surface area contributed by atoms with Gasteiger partial charge in [-0.25, -0.2) is 0 Å². The second-order valence-corrected chi connectivity index (χ2v) is 4.99. The molecule has 3 heteroatoms. The van der Waals surface area contributed by atoms with Gasteiger partial charge in [-0.2, -0.15) is 0 Å². The first-order chi connectivity index (χ1) is 8.70. The third-order valence-corrected chi connectivity index (χ3v) is 3.63. The SMILES string of the molecule is COCC(CC(=O)O)c1ccc2c(c1)CCCC2. The highest BCUT2D eigenvalue weighted by Crippen LogP contribution is 2.27. The molecule has 0 saturated carbocycles. The molecule has 0 amide bonds. The van der Waals surface area contributed by atoms with Crippen molar-refractivity contribution >= 4 is 5.97 Å². The molecule has 1 unspecified atom stereocenters. The zero-order valence-electron chi connectivity index (χ0n) is 10.8. The number of carboxylic acid groups (broad SMARTS) is 1. The van der Waals surface area contributed by atoms with Gasteiger partial charge in [-0.1, -0.05) is 18.2 Å². The predicted octanol–water partition coefficient (Wildman–Crippen LogP) is 2.77. The van der Waals surface area contributed by atoms with Crippen LogP contribution in [0.15, 0.2) is 18.2 Å². The standard InChI is InChI=1S/C15H20O3/c1-18-10-14(9-15(16)17)13-7-6-11-4-2-3-5-12(11)8-13/h6-8,14H,2-5,9-10H2,1H3,(H,16,17). The van der Waals surface area contributed by atoms with Gasteiger partial charge in [0, 0.05) is 13.0 Å². The van der Waals surface area contributed by atoms with E-state index < -0.39 is 5.97 Å². The van der Waals surface area contributed by atoms with E-state index in [0.717, 1.165) is 18.4 Å². The summed E-state index contributed by atoms with van der Waals surface area (Å²) in [7, 11) is 1.62. The Labute approximate surface area is 108 Å². The van der Waals surface area contributed by atoms with Gasteiger partial charge in [0.05, 0.1) is 13.0 Å². The lowest BCUT2D eigenvalue weighted by Crippen LogP contribution is -2.13. The second kappa shape index (κ2) is 6.01. The van der Waals surface area contributed by atoms with E-state index in [9.17, 15) is 4.79 Å². The van der Waals surface area contributed by atoms with Gasteiger partial charge in [0.1, 0.15) is 0 Å². The van der Waals surface area contributed by atoms with Crippen LogP contribution in [0.3, 0.4) is 0 Å². The molecule has 0 aliphatic heterocycles. The second-order valence-electron chi connectivity index (χ2n) is 4.99. The number of aliphatic carboxylic acids is 1. The van der Waals surface area contributed by atoms with Gasteiger partial charge in [-0.3, -0.25) is 4.79 Å². The van der Waals surface area contributed by atoms with Crippen LogP contribution in [0.4, 0.5) is 0 Å². The summed E-state index contributed by atoms with van der Waals surface area (Å²) in [6.45, 7) is 0.463. The van der Waals surface area contributed by atoms with Crippen LogP contribution in [-0.2, 0) is 22.4 Å². The Morgan fingerprint density at radius 3 is 2.72 bits per heavy atom. The molecule has 1 aromatic rings. The monoisotopic (exact) mass is 248 g/mol. The summed E-state index contributed by atoms with van der Waals surface area (Å²) in [6.07, 6.45) is 4.92. The van der Waals surface area contributed by atoms with Crippen molar-refractivity contribution in [1.29, 1.82) is 0 Å². The Bertz CT molecular complexity index is 426. The quantitative estimate of drug-likeness (QED) is 0.871. The lowest BCUT2D eigenvalue weighted by molar-refractivity contribution is -0.137. The molecule has 0 fully saturated rings. The molecule has 1 atom stereocenters. The van der Waals surface area contributed by atoms with Crippen molar-refractivity contribution in [3.05, 3.63) is 34.9 Å². The van der Waals surface area contributed by atoms with Crippen molar-refractivity contribution in [2.45, 2.75) is 38.0 Å². The molecule has 0 heterocycles. The molecule has 18 heavy (non-hydrogen) atoms. The normalized spacial score (nSPS) is 16.1. The van der Waals surface area contributed by atoms with E-state index in [-0.39, 0.29) is 12.3 Å². The average Bonchev–Trinajstić information content (AvgIpc) is 2.37. The lowest BCUT2D eigenvalue weighted by Gasteiger charge is -2.20. The van der Waals surface area contributed by atoms with Crippen molar-refractivity contribution in [3.63, 3.8) is 0 Å². The first kappa shape index (κ1) is 13.1. The summed E-state index contributed by atoms with van der Waals surface area (Å²) in [5.41, 5.74) is 3.92. The van der Waals surface area contributed by atoms with E-state index in [1.807, 2.05) is 0 Å². The smallest absolute Gasteiger partial charge is 0.304 e. The molecular formula is C15H20O3. The van der Waals surface area contributed by atoms with Crippen LogP contribution < -0.4 is 0 Å². The molecule has 1 aliphatic rings. The number of hydrogen-bond donors (Lipinski definition) is 1.